The lowest BCUT2D eigenvalue weighted by atomic mass is 10.1. The molecule has 1 saturated heterocycles. The van der Waals surface area contributed by atoms with E-state index >= 15 is 0 Å². The second-order valence-corrected chi connectivity index (χ2v) is 4.82. The minimum atomic E-state index is 0.0239. The maximum atomic E-state index is 11.8. The topological polar surface area (TPSA) is 33.2 Å². The van der Waals surface area contributed by atoms with E-state index in [0.29, 0.717) is 29.4 Å². The van der Waals surface area contributed by atoms with Gasteiger partial charge in [0.2, 0.25) is 5.91 Å². The fraction of sp³-hybridized carbons (Fsp3) is 0.400. The molecule has 3 nitrogen and oxygen atoms in total. The van der Waals surface area contributed by atoms with Gasteiger partial charge in [-0.3, -0.25) is 4.79 Å². The standard InChI is InChI=1S/C10H10Cl2N2OS/c11-7-1-2-13-10(12)9(7)14-4-6(5-16)3-8(14)15/h1-2,6,16H,3-5H2. The first kappa shape index (κ1) is 12.0. The molecule has 2 rings (SSSR count). The third kappa shape index (κ3) is 2.14. The molecule has 1 fully saturated rings. The zero-order chi connectivity index (χ0) is 11.7. The van der Waals surface area contributed by atoms with Crippen molar-refractivity contribution in [2.45, 2.75) is 6.42 Å². The maximum Gasteiger partial charge on any atom is 0.227 e. The number of pyridine rings is 1. The van der Waals surface area contributed by atoms with Crippen molar-refractivity contribution in [1.82, 2.24) is 4.98 Å². The van der Waals surface area contributed by atoms with E-state index in [-0.39, 0.29) is 17.0 Å². The molecule has 1 atom stereocenters. The summed E-state index contributed by atoms with van der Waals surface area (Å²) >= 11 is 16.2. The molecule has 0 radical (unpaired) electrons. The van der Waals surface area contributed by atoms with Gasteiger partial charge in [0.05, 0.1) is 5.02 Å². The predicted molar refractivity (Wildman–Crippen MR) is 68.6 cm³/mol. The van der Waals surface area contributed by atoms with E-state index in [9.17, 15) is 4.79 Å². The smallest absolute Gasteiger partial charge is 0.227 e. The van der Waals surface area contributed by atoms with Crippen LogP contribution >= 0.6 is 35.8 Å². The van der Waals surface area contributed by atoms with E-state index in [4.69, 9.17) is 23.2 Å². The molecule has 1 aliphatic heterocycles. The number of thiol groups is 1. The zero-order valence-corrected chi connectivity index (χ0v) is 10.8. The molecule has 6 heteroatoms. The summed E-state index contributed by atoms with van der Waals surface area (Å²) in [7, 11) is 0. The Labute approximate surface area is 109 Å². The van der Waals surface area contributed by atoms with Crippen molar-refractivity contribution in [1.29, 1.82) is 0 Å². The second-order valence-electron chi connectivity index (χ2n) is 3.69. The van der Waals surface area contributed by atoms with Gasteiger partial charge in [-0.1, -0.05) is 23.2 Å². The van der Waals surface area contributed by atoms with Gasteiger partial charge in [0.1, 0.15) is 5.69 Å². The van der Waals surface area contributed by atoms with Crippen molar-refractivity contribution in [2.24, 2.45) is 5.92 Å². The normalized spacial score (nSPS) is 20.6. The molecule has 1 aliphatic rings. The summed E-state index contributed by atoms with van der Waals surface area (Å²) in [6.45, 7) is 0.605. The van der Waals surface area contributed by atoms with Crippen molar-refractivity contribution in [3.63, 3.8) is 0 Å². The van der Waals surface area contributed by atoms with E-state index in [1.807, 2.05) is 0 Å². The average molecular weight is 277 g/mol. The highest BCUT2D eigenvalue weighted by atomic mass is 35.5. The molecular formula is C10H10Cl2N2OS. The second kappa shape index (κ2) is 4.82. The van der Waals surface area contributed by atoms with Crippen LogP contribution in [-0.2, 0) is 4.79 Å². The third-order valence-electron chi connectivity index (χ3n) is 2.56. The van der Waals surface area contributed by atoms with Crippen molar-refractivity contribution >= 4 is 47.4 Å². The Morgan fingerprint density at radius 2 is 2.31 bits per heavy atom. The van der Waals surface area contributed by atoms with Gasteiger partial charge in [-0.05, 0) is 17.7 Å². The van der Waals surface area contributed by atoms with E-state index < -0.39 is 0 Å². The molecule has 86 valence electrons. The molecule has 0 saturated carbocycles. The lowest BCUT2D eigenvalue weighted by Crippen LogP contribution is -2.25. The van der Waals surface area contributed by atoms with E-state index in [2.05, 4.69) is 17.6 Å². The Kier molecular flexibility index (Phi) is 3.62. The number of hydrogen-bond acceptors (Lipinski definition) is 3. The molecule has 1 unspecified atom stereocenters. The van der Waals surface area contributed by atoms with E-state index in [1.165, 1.54) is 6.20 Å². The SMILES string of the molecule is O=C1CC(CS)CN1c1c(Cl)ccnc1Cl. The highest BCUT2D eigenvalue weighted by Crippen LogP contribution is 2.35. The number of carbonyl (C=O) groups is 1. The Balaban J connectivity index is 2.35. The van der Waals surface area contributed by atoms with Gasteiger partial charge in [0.15, 0.2) is 5.15 Å². The molecule has 0 bridgehead atoms. The zero-order valence-electron chi connectivity index (χ0n) is 8.36. The lowest BCUT2D eigenvalue weighted by Gasteiger charge is -2.18. The molecule has 1 aromatic rings. The first-order chi connectivity index (χ1) is 7.63. The van der Waals surface area contributed by atoms with Crippen molar-refractivity contribution < 1.29 is 4.79 Å². The quantitative estimate of drug-likeness (QED) is 0.666. The molecule has 0 N–H and O–H groups in total. The van der Waals surface area contributed by atoms with Crippen LogP contribution in [-0.4, -0.2) is 23.2 Å². The molecule has 2 heterocycles. The average Bonchev–Trinajstić information content (AvgIpc) is 2.60. The number of nitrogens with zero attached hydrogens (tertiary/aromatic N) is 2. The van der Waals surface area contributed by atoms with Gasteiger partial charge >= 0.3 is 0 Å². The summed E-state index contributed by atoms with van der Waals surface area (Å²) in [6.07, 6.45) is 2.01. The van der Waals surface area contributed by atoms with Crippen LogP contribution in [0.1, 0.15) is 6.42 Å². The Morgan fingerprint density at radius 1 is 1.56 bits per heavy atom. The van der Waals surface area contributed by atoms with Crippen molar-refractivity contribution in [2.75, 3.05) is 17.2 Å². The molecule has 1 amide bonds. The molecular weight excluding hydrogens is 267 g/mol. The Morgan fingerprint density at radius 3 is 2.88 bits per heavy atom. The van der Waals surface area contributed by atoms with Gasteiger partial charge < -0.3 is 4.90 Å². The number of anilines is 1. The monoisotopic (exact) mass is 276 g/mol. The summed E-state index contributed by atoms with van der Waals surface area (Å²) in [5.74, 6) is 0.955. The number of halogens is 2. The van der Waals surface area contributed by atoms with Crippen LogP contribution in [0.25, 0.3) is 0 Å². The van der Waals surface area contributed by atoms with Crippen LogP contribution in [0.5, 0.6) is 0 Å². The van der Waals surface area contributed by atoms with Crippen LogP contribution in [0.3, 0.4) is 0 Å². The van der Waals surface area contributed by atoms with Gasteiger partial charge in [-0.25, -0.2) is 4.98 Å². The Hall–Kier alpha value is -0.450. The summed E-state index contributed by atoms with van der Waals surface area (Å²) in [5, 5.41) is 0.717. The van der Waals surface area contributed by atoms with Gasteiger partial charge in [-0.2, -0.15) is 12.6 Å². The number of carbonyl (C=O) groups excluding carboxylic acids is 1. The fourth-order valence-corrected chi connectivity index (χ4v) is 2.57. The number of aromatic nitrogens is 1. The van der Waals surface area contributed by atoms with Crippen LogP contribution in [0.15, 0.2) is 12.3 Å². The maximum absolute atomic E-state index is 11.8. The highest BCUT2D eigenvalue weighted by Gasteiger charge is 2.32. The van der Waals surface area contributed by atoms with E-state index in [1.54, 1.807) is 11.0 Å². The largest absolute Gasteiger partial charge is 0.308 e. The minimum absolute atomic E-state index is 0.0239. The van der Waals surface area contributed by atoms with Crippen LogP contribution in [0.4, 0.5) is 5.69 Å². The Bertz CT molecular complexity index is 407. The highest BCUT2D eigenvalue weighted by molar-refractivity contribution is 7.80. The summed E-state index contributed by atoms with van der Waals surface area (Å²) in [6, 6.07) is 1.63. The summed E-state index contributed by atoms with van der Waals surface area (Å²) < 4.78 is 0. The number of hydrogen-bond donors (Lipinski definition) is 1. The minimum Gasteiger partial charge on any atom is -0.308 e. The van der Waals surface area contributed by atoms with Gasteiger partial charge in [0, 0.05) is 19.2 Å². The van der Waals surface area contributed by atoms with Gasteiger partial charge in [-0.15, -0.1) is 0 Å². The lowest BCUT2D eigenvalue weighted by molar-refractivity contribution is -0.117. The first-order valence-corrected chi connectivity index (χ1v) is 6.23. The number of rotatable bonds is 2. The summed E-state index contributed by atoms with van der Waals surface area (Å²) in [4.78, 5) is 17.3. The van der Waals surface area contributed by atoms with Gasteiger partial charge in [0.25, 0.3) is 0 Å². The molecule has 16 heavy (non-hydrogen) atoms. The van der Waals surface area contributed by atoms with Crippen LogP contribution in [0, 0.1) is 5.92 Å². The molecule has 0 spiro atoms. The van der Waals surface area contributed by atoms with Crippen molar-refractivity contribution in [3.8, 4) is 0 Å². The third-order valence-corrected chi connectivity index (χ3v) is 3.66. The van der Waals surface area contributed by atoms with Crippen LogP contribution in [0.2, 0.25) is 10.2 Å². The van der Waals surface area contributed by atoms with Crippen LogP contribution < -0.4 is 4.90 Å². The fourth-order valence-electron chi connectivity index (χ4n) is 1.77. The van der Waals surface area contributed by atoms with Crippen molar-refractivity contribution in [3.05, 3.63) is 22.4 Å². The predicted octanol–water partition coefficient (Wildman–Crippen LogP) is 2.67. The number of amides is 1. The first-order valence-electron chi connectivity index (χ1n) is 4.84. The molecule has 1 aromatic heterocycles. The molecule has 0 aliphatic carbocycles. The molecule has 0 aromatic carbocycles. The van der Waals surface area contributed by atoms with E-state index in [0.717, 1.165) is 0 Å². The summed E-state index contributed by atoms with van der Waals surface area (Å²) in [5.41, 5.74) is 0.514.